The Hall–Kier alpha value is -2.93. The molecule has 1 amide bonds. The average molecular weight is 507 g/mol. The Balaban J connectivity index is 1.17. The van der Waals surface area contributed by atoms with E-state index in [1.54, 1.807) is 12.1 Å². The Bertz CT molecular complexity index is 1170. The van der Waals surface area contributed by atoms with Crippen molar-refractivity contribution >= 4 is 17.6 Å². The van der Waals surface area contributed by atoms with Crippen LogP contribution in [-0.4, -0.2) is 40.0 Å². The van der Waals surface area contributed by atoms with Crippen LogP contribution < -0.4 is 5.32 Å². The zero-order valence-corrected chi connectivity index (χ0v) is 22.0. The summed E-state index contributed by atoms with van der Waals surface area (Å²) in [5.74, 6) is 0.530. The molecule has 0 spiro atoms. The summed E-state index contributed by atoms with van der Waals surface area (Å²) < 4.78 is 0. The second-order valence-corrected chi connectivity index (χ2v) is 12.0. The summed E-state index contributed by atoms with van der Waals surface area (Å²) in [7, 11) is 0. The maximum atomic E-state index is 12.2. The van der Waals surface area contributed by atoms with Crippen LogP contribution >= 0.6 is 0 Å². The first-order valence-corrected chi connectivity index (χ1v) is 13.4. The smallest absolute Gasteiger partial charge is 0.335 e. The van der Waals surface area contributed by atoms with Crippen molar-refractivity contribution < 1.29 is 24.6 Å². The number of carboxylic acid groups (broad SMARTS) is 1. The van der Waals surface area contributed by atoms with Crippen LogP contribution in [0.15, 0.2) is 53.2 Å². The van der Waals surface area contributed by atoms with E-state index in [1.807, 2.05) is 13.0 Å². The van der Waals surface area contributed by atoms with Crippen LogP contribution in [0.1, 0.15) is 75.2 Å². The van der Waals surface area contributed by atoms with Gasteiger partial charge in [-0.25, -0.2) is 4.79 Å². The minimum Gasteiger partial charge on any atom is -0.478 e. The number of benzene rings is 1. The molecule has 7 nitrogen and oxygen atoms in total. The number of aliphatic hydroxyl groups is 1. The quantitative estimate of drug-likeness (QED) is 0.478. The molecule has 0 aliphatic heterocycles. The average Bonchev–Trinajstić information content (AvgIpc) is 3.11. The third-order valence-electron chi connectivity index (χ3n) is 10.2. The van der Waals surface area contributed by atoms with E-state index in [0.29, 0.717) is 24.3 Å². The van der Waals surface area contributed by atoms with Gasteiger partial charge in [0.15, 0.2) is 6.61 Å². The Morgan fingerprint density at radius 3 is 2.54 bits per heavy atom. The molecule has 0 unspecified atom stereocenters. The van der Waals surface area contributed by atoms with E-state index < -0.39 is 11.6 Å². The lowest BCUT2D eigenvalue weighted by Crippen LogP contribution is -2.53. The largest absolute Gasteiger partial charge is 0.478 e. The first kappa shape index (κ1) is 25.7. The number of carboxylic acids is 1. The fraction of sp³-hybridized carbons (Fsp3) is 0.567. The molecule has 0 radical (unpaired) electrons. The summed E-state index contributed by atoms with van der Waals surface area (Å²) in [5.41, 5.74) is 2.61. The van der Waals surface area contributed by atoms with E-state index in [2.05, 4.69) is 36.5 Å². The number of amides is 1. The fourth-order valence-corrected chi connectivity index (χ4v) is 7.69. The number of nitrogens with zero attached hydrogens (tertiary/aromatic N) is 1. The number of hydrogen-bond acceptors (Lipinski definition) is 5. The molecule has 0 bridgehead atoms. The number of hydrogen-bond donors (Lipinski definition) is 3. The summed E-state index contributed by atoms with van der Waals surface area (Å²) in [6.45, 7) is 6.83. The van der Waals surface area contributed by atoms with Crippen LogP contribution in [0, 0.1) is 28.6 Å². The van der Waals surface area contributed by atoms with E-state index in [4.69, 9.17) is 9.94 Å². The predicted molar refractivity (Wildman–Crippen MR) is 141 cm³/mol. The maximum Gasteiger partial charge on any atom is 0.335 e. The van der Waals surface area contributed by atoms with Crippen molar-refractivity contribution in [2.75, 3.05) is 6.61 Å². The molecule has 0 heterocycles. The Morgan fingerprint density at radius 2 is 1.81 bits per heavy atom. The highest BCUT2D eigenvalue weighted by molar-refractivity contribution is 6.05. The van der Waals surface area contributed by atoms with Gasteiger partial charge >= 0.3 is 5.97 Å². The standard InChI is InChI=1S/C30H38N2O5/c1-28-13-10-22(32-37-18-26(33)31-17-19-4-6-20(7-5-19)27(34)35)16-21(28)8-9-23-24(28)11-14-29(2)25(23)12-15-30(29,3)36/h4-7,10,13,16,23-25,36H,8-9,11-12,14-15,17-18H2,1-3H3,(H,31,33)(H,34,35)/t23-,24+,25+,28+,29+,30+/m1/s1. The van der Waals surface area contributed by atoms with Crippen LogP contribution in [0.4, 0.5) is 0 Å². The monoisotopic (exact) mass is 506 g/mol. The number of carbonyl (C=O) groups is 2. The fourth-order valence-electron chi connectivity index (χ4n) is 7.69. The normalized spacial score (nSPS) is 37.2. The van der Waals surface area contributed by atoms with Gasteiger partial charge in [0.25, 0.3) is 5.91 Å². The van der Waals surface area contributed by atoms with E-state index in [1.165, 1.54) is 17.7 Å². The summed E-state index contributed by atoms with van der Waals surface area (Å²) in [5, 5.41) is 27.1. The van der Waals surface area contributed by atoms with E-state index in [-0.39, 0.29) is 28.9 Å². The number of carbonyl (C=O) groups excluding carboxylic acids is 1. The molecule has 7 heteroatoms. The number of allylic oxidation sites excluding steroid dienone is 4. The van der Waals surface area contributed by atoms with E-state index in [9.17, 15) is 14.7 Å². The molecule has 1 aromatic carbocycles. The molecule has 3 saturated carbocycles. The first-order chi connectivity index (χ1) is 17.5. The van der Waals surface area contributed by atoms with E-state index in [0.717, 1.165) is 49.8 Å². The van der Waals surface area contributed by atoms with Crippen molar-refractivity contribution in [3.63, 3.8) is 0 Å². The van der Waals surface area contributed by atoms with Gasteiger partial charge < -0.3 is 20.4 Å². The molecule has 1 aromatic rings. The minimum atomic E-state index is -0.979. The van der Waals surface area contributed by atoms with Gasteiger partial charge in [0.2, 0.25) is 0 Å². The molecular weight excluding hydrogens is 468 g/mol. The Labute approximate surface area is 218 Å². The van der Waals surface area contributed by atoms with Crippen molar-refractivity contribution in [1.29, 1.82) is 0 Å². The Kier molecular flexibility index (Phi) is 6.55. The lowest BCUT2D eigenvalue weighted by molar-refractivity contribution is -0.125. The van der Waals surface area contributed by atoms with Crippen LogP contribution in [0.25, 0.3) is 0 Å². The molecule has 0 saturated heterocycles. The molecule has 5 rings (SSSR count). The van der Waals surface area contributed by atoms with Gasteiger partial charge in [-0.2, -0.15) is 0 Å². The van der Waals surface area contributed by atoms with Crippen molar-refractivity contribution in [1.82, 2.24) is 5.32 Å². The number of oxime groups is 1. The van der Waals surface area contributed by atoms with Gasteiger partial charge in [-0.05, 0) is 98.5 Å². The molecule has 4 aliphatic carbocycles. The lowest BCUT2D eigenvalue weighted by atomic mass is 9.47. The molecular formula is C30H38N2O5. The van der Waals surface area contributed by atoms with Gasteiger partial charge in [0, 0.05) is 12.0 Å². The van der Waals surface area contributed by atoms with Crippen molar-refractivity contribution in [2.45, 2.75) is 71.4 Å². The zero-order valence-electron chi connectivity index (χ0n) is 22.0. The first-order valence-electron chi connectivity index (χ1n) is 13.4. The van der Waals surface area contributed by atoms with Crippen LogP contribution in [-0.2, 0) is 16.2 Å². The highest BCUT2D eigenvalue weighted by Crippen LogP contribution is 2.66. The van der Waals surface area contributed by atoms with Gasteiger partial charge in [0.1, 0.15) is 5.71 Å². The predicted octanol–water partition coefficient (Wildman–Crippen LogP) is 4.86. The minimum absolute atomic E-state index is 0.00523. The number of fused-ring (bicyclic) bond motifs is 5. The van der Waals surface area contributed by atoms with Gasteiger partial charge in [-0.3, -0.25) is 4.79 Å². The molecule has 6 atom stereocenters. The third kappa shape index (κ3) is 4.52. The highest BCUT2D eigenvalue weighted by Gasteiger charge is 2.61. The number of rotatable bonds is 6. The van der Waals surface area contributed by atoms with Crippen LogP contribution in [0.2, 0.25) is 0 Å². The topological polar surface area (TPSA) is 108 Å². The van der Waals surface area contributed by atoms with Crippen molar-refractivity contribution in [2.24, 2.45) is 33.7 Å². The van der Waals surface area contributed by atoms with Crippen LogP contribution in [0.3, 0.4) is 0 Å². The van der Waals surface area contributed by atoms with Crippen molar-refractivity contribution in [3.05, 3.63) is 59.2 Å². The second kappa shape index (κ2) is 9.43. The van der Waals surface area contributed by atoms with E-state index >= 15 is 0 Å². The molecule has 0 aromatic heterocycles. The van der Waals surface area contributed by atoms with Gasteiger partial charge in [-0.15, -0.1) is 0 Å². The summed E-state index contributed by atoms with van der Waals surface area (Å²) in [6.07, 6.45) is 12.9. The molecule has 37 heavy (non-hydrogen) atoms. The van der Waals surface area contributed by atoms with Gasteiger partial charge in [0.05, 0.1) is 11.2 Å². The summed E-state index contributed by atoms with van der Waals surface area (Å²) in [6, 6.07) is 6.38. The Morgan fingerprint density at radius 1 is 1.08 bits per heavy atom. The lowest BCUT2D eigenvalue weighted by Gasteiger charge is -2.58. The zero-order chi connectivity index (χ0) is 26.4. The third-order valence-corrected chi connectivity index (χ3v) is 10.2. The molecule has 3 fully saturated rings. The summed E-state index contributed by atoms with van der Waals surface area (Å²) >= 11 is 0. The number of nitrogens with one attached hydrogen (secondary N) is 1. The molecule has 4 aliphatic rings. The molecule has 198 valence electrons. The SMILES string of the molecule is C[C@]12C=CC(=NOCC(=O)NCc3ccc(C(=O)O)cc3)C=C1CC[C@@H]1[C@@H]2CC[C@@]2(C)[C@H]1CC[C@]2(C)O. The second-order valence-electron chi connectivity index (χ2n) is 12.0. The summed E-state index contributed by atoms with van der Waals surface area (Å²) in [4.78, 5) is 28.5. The van der Waals surface area contributed by atoms with Gasteiger partial charge in [-0.1, -0.05) is 42.8 Å². The number of aromatic carboxylic acids is 1. The maximum absolute atomic E-state index is 12.2. The van der Waals surface area contributed by atoms with Crippen molar-refractivity contribution in [3.8, 4) is 0 Å². The molecule has 3 N–H and O–H groups in total. The highest BCUT2D eigenvalue weighted by atomic mass is 16.6. The van der Waals surface area contributed by atoms with Crippen LogP contribution in [0.5, 0.6) is 0 Å².